The summed E-state index contributed by atoms with van der Waals surface area (Å²) in [6.45, 7) is 9.15. The fourth-order valence-electron chi connectivity index (χ4n) is 2.88. The molecule has 0 unspecified atom stereocenters. The van der Waals surface area contributed by atoms with Crippen LogP contribution in [0.15, 0.2) is 24.3 Å². The number of piperazine rings is 1. The molecule has 1 aliphatic heterocycles. The topological polar surface area (TPSA) is 35.6 Å². The zero-order valence-corrected chi connectivity index (χ0v) is 14.2. The third kappa shape index (κ3) is 4.48. The highest BCUT2D eigenvalue weighted by atomic mass is 19.4. The number of para-hydroxylation sites is 1. The molecule has 24 heavy (non-hydrogen) atoms. The second-order valence-corrected chi connectivity index (χ2v) is 6.37. The zero-order valence-electron chi connectivity index (χ0n) is 14.2. The lowest BCUT2D eigenvalue weighted by Crippen LogP contribution is -2.54. The fourth-order valence-corrected chi connectivity index (χ4v) is 2.88. The molecule has 7 heteroatoms. The predicted octanol–water partition coefficient (Wildman–Crippen LogP) is 3.06. The quantitative estimate of drug-likeness (QED) is 0.913. The first-order chi connectivity index (χ1) is 11.2. The Morgan fingerprint density at radius 2 is 1.58 bits per heavy atom. The number of nitrogens with zero attached hydrogens (tertiary/aromatic N) is 2. The number of carbonyl (C=O) groups is 1. The molecule has 0 spiro atoms. The molecule has 2 rings (SSSR count). The highest BCUT2D eigenvalue weighted by Crippen LogP contribution is 2.34. The molecule has 1 aromatic rings. The van der Waals surface area contributed by atoms with Gasteiger partial charge in [0.1, 0.15) is 0 Å². The molecule has 0 radical (unpaired) electrons. The Balaban J connectivity index is 2.01. The third-order valence-corrected chi connectivity index (χ3v) is 4.50. The van der Waals surface area contributed by atoms with E-state index in [1.165, 1.54) is 18.2 Å². The normalized spacial score (nSPS) is 18.6. The summed E-state index contributed by atoms with van der Waals surface area (Å²) in [4.78, 5) is 16.7. The minimum atomic E-state index is -4.49. The number of rotatable bonds is 4. The second-order valence-electron chi connectivity index (χ2n) is 6.37. The minimum Gasteiger partial charge on any atom is -0.324 e. The summed E-state index contributed by atoms with van der Waals surface area (Å²) in [5.41, 5.74) is -1.02. The summed E-state index contributed by atoms with van der Waals surface area (Å²) in [5, 5.41) is 2.43. The van der Waals surface area contributed by atoms with Crippen LogP contribution in [-0.2, 0) is 11.0 Å². The van der Waals surface area contributed by atoms with Crippen molar-refractivity contribution < 1.29 is 18.0 Å². The standard InChI is InChI=1S/C17H24F3N3O/c1-12(2)22-8-10-23(11-9-22)13(3)16(24)21-15-7-5-4-6-14(15)17(18,19)20/h4-7,12-13H,8-11H2,1-3H3,(H,21,24)/t13-/m0/s1. The fraction of sp³-hybridized carbons (Fsp3) is 0.588. The van der Waals surface area contributed by atoms with E-state index in [0.29, 0.717) is 6.04 Å². The van der Waals surface area contributed by atoms with E-state index in [4.69, 9.17) is 0 Å². The van der Waals surface area contributed by atoms with Gasteiger partial charge in [-0.05, 0) is 32.9 Å². The van der Waals surface area contributed by atoms with Gasteiger partial charge in [0.2, 0.25) is 5.91 Å². The van der Waals surface area contributed by atoms with E-state index in [-0.39, 0.29) is 5.69 Å². The Hall–Kier alpha value is -1.60. The Morgan fingerprint density at radius 3 is 2.12 bits per heavy atom. The lowest BCUT2D eigenvalue weighted by atomic mass is 10.1. The van der Waals surface area contributed by atoms with Gasteiger partial charge in [-0.2, -0.15) is 13.2 Å². The predicted molar refractivity (Wildman–Crippen MR) is 87.8 cm³/mol. The maximum absolute atomic E-state index is 13.0. The van der Waals surface area contributed by atoms with Gasteiger partial charge < -0.3 is 5.32 Å². The maximum atomic E-state index is 13.0. The van der Waals surface area contributed by atoms with Crippen molar-refractivity contribution >= 4 is 11.6 Å². The van der Waals surface area contributed by atoms with Gasteiger partial charge in [-0.15, -0.1) is 0 Å². The summed E-state index contributed by atoms with van der Waals surface area (Å²) < 4.78 is 39.0. The summed E-state index contributed by atoms with van der Waals surface area (Å²) in [6.07, 6.45) is -4.49. The molecular formula is C17H24F3N3O. The van der Waals surface area contributed by atoms with Gasteiger partial charge in [-0.1, -0.05) is 12.1 Å². The van der Waals surface area contributed by atoms with E-state index in [9.17, 15) is 18.0 Å². The third-order valence-electron chi connectivity index (χ3n) is 4.50. The lowest BCUT2D eigenvalue weighted by molar-refractivity contribution is -0.137. The number of benzene rings is 1. The molecule has 0 saturated carbocycles. The first-order valence-corrected chi connectivity index (χ1v) is 8.15. The van der Waals surface area contributed by atoms with Gasteiger partial charge in [0.05, 0.1) is 17.3 Å². The molecule has 4 nitrogen and oxygen atoms in total. The highest BCUT2D eigenvalue weighted by Gasteiger charge is 2.34. The van der Waals surface area contributed by atoms with Crippen molar-refractivity contribution in [3.05, 3.63) is 29.8 Å². The average Bonchev–Trinajstić information content (AvgIpc) is 2.53. The van der Waals surface area contributed by atoms with Crippen LogP contribution in [0.5, 0.6) is 0 Å². The zero-order chi connectivity index (χ0) is 17.9. The number of carbonyl (C=O) groups excluding carboxylic acids is 1. The number of anilines is 1. The van der Waals surface area contributed by atoms with Crippen LogP contribution in [0, 0.1) is 0 Å². The SMILES string of the molecule is CC(C)N1CCN([C@@H](C)C(=O)Nc2ccccc2C(F)(F)F)CC1. The number of halogens is 3. The van der Waals surface area contributed by atoms with Crippen molar-refractivity contribution in [2.45, 2.75) is 39.0 Å². The number of hydrogen-bond donors (Lipinski definition) is 1. The summed E-state index contributed by atoms with van der Waals surface area (Å²) >= 11 is 0. The van der Waals surface area contributed by atoms with Crippen molar-refractivity contribution in [2.24, 2.45) is 0 Å². The van der Waals surface area contributed by atoms with Crippen LogP contribution in [-0.4, -0.2) is 54.0 Å². The number of nitrogens with one attached hydrogen (secondary N) is 1. The first-order valence-electron chi connectivity index (χ1n) is 8.15. The molecule has 1 amide bonds. The molecule has 1 atom stereocenters. The molecule has 1 aliphatic rings. The number of hydrogen-bond acceptors (Lipinski definition) is 3. The molecular weight excluding hydrogens is 319 g/mol. The Bertz CT molecular complexity index is 566. The van der Waals surface area contributed by atoms with Gasteiger partial charge in [0, 0.05) is 32.2 Å². The first kappa shape index (κ1) is 18.7. The Kier molecular flexibility index (Phi) is 5.87. The van der Waals surface area contributed by atoms with Crippen molar-refractivity contribution in [3.63, 3.8) is 0 Å². The van der Waals surface area contributed by atoms with E-state index in [1.807, 2.05) is 4.90 Å². The lowest BCUT2D eigenvalue weighted by Gasteiger charge is -2.39. The van der Waals surface area contributed by atoms with Crippen LogP contribution in [0.25, 0.3) is 0 Å². The molecule has 1 N–H and O–H groups in total. The van der Waals surface area contributed by atoms with Crippen molar-refractivity contribution in [3.8, 4) is 0 Å². The van der Waals surface area contributed by atoms with Gasteiger partial charge in [0.15, 0.2) is 0 Å². The van der Waals surface area contributed by atoms with E-state index in [0.717, 1.165) is 32.2 Å². The van der Waals surface area contributed by atoms with Crippen LogP contribution >= 0.6 is 0 Å². The molecule has 1 heterocycles. The maximum Gasteiger partial charge on any atom is 0.418 e. The van der Waals surface area contributed by atoms with E-state index in [1.54, 1.807) is 6.92 Å². The Morgan fingerprint density at radius 1 is 1.04 bits per heavy atom. The molecule has 0 aromatic heterocycles. The summed E-state index contributed by atoms with van der Waals surface area (Å²) in [5.74, 6) is -0.412. The summed E-state index contributed by atoms with van der Waals surface area (Å²) in [6, 6.07) is 5.03. The van der Waals surface area contributed by atoms with Gasteiger partial charge in [-0.3, -0.25) is 14.6 Å². The van der Waals surface area contributed by atoms with Crippen LogP contribution in [0.1, 0.15) is 26.3 Å². The van der Waals surface area contributed by atoms with Gasteiger partial charge in [-0.25, -0.2) is 0 Å². The molecule has 1 fully saturated rings. The highest BCUT2D eigenvalue weighted by molar-refractivity contribution is 5.95. The largest absolute Gasteiger partial charge is 0.418 e. The molecule has 1 saturated heterocycles. The molecule has 0 bridgehead atoms. The van der Waals surface area contributed by atoms with Crippen molar-refractivity contribution in [1.29, 1.82) is 0 Å². The number of amides is 1. The molecule has 0 aliphatic carbocycles. The van der Waals surface area contributed by atoms with E-state index >= 15 is 0 Å². The van der Waals surface area contributed by atoms with Crippen LogP contribution in [0.4, 0.5) is 18.9 Å². The van der Waals surface area contributed by atoms with Gasteiger partial charge in [0.25, 0.3) is 0 Å². The van der Waals surface area contributed by atoms with Gasteiger partial charge >= 0.3 is 6.18 Å². The van der Waals surface area contributed by atoms with Crippen LogP contribution in [0.3, 0.4) is 0 Å². The second kappa shape index (κ2) is 7.53. The van der Waals surface area contributed by atoms with Crippen LogP contribution in [0.2, 0.25) is 0 Å². The number of alkyl halides is 3. The molecule has 1 aromatic carbocycles. The monoisotopic (exact) mass is 343 g/mol. The van der Waals surface area contributed by atoms with Crippen LogP contribution < -0.4 is 5.32 Å². The molecule has 134 valence electrons. The average molecular weight is 343 g/mol. The Labute approximate surface area is 140 Å². The minimum absolute atomic E-state index is 0.192. The smallest absolute Gasteiger partial charge is 0.324 e. The van der Waals surface area contributed by atoms with Crippen molar-refractivity contribution in [2.75, 3.05) is 31.5 Å². The van der Waals surface area contributed by atoms with Crippen molar-refractivity contribution in [1.82, 2.24) is 9.80 Å². The summed E-state index contributed by atoms with van der Waals surface area (Å²) in [7, 11) is 0. The van der Waals surface area contributed by atoms with E-state index in [2.05, 4.69) is 24.1 Å². The van der Waals surface area contributed by atoms with E-state index < -0.39 is 23.7 Å².